The van der Waals surface area contributed by atoms with Crippen LogP contribution in [0.5, 0.6) is 0 Å². The highest BCUT2D eigenvalue weighted by molar-refractivity contribution is 5.93. The van der Waals surface area contributed by atoms with E-state index in [1.807, 2.05) is 0 Å². The quantitative estimate of drug-likeness (QED) is 0.585. The van der Waals surface area contributed by atoms with Crippen LogP contribution < -0.4 is 5.32 Å². The van der Waals surface area contributed by atoms with Crippen molar-refractivity contribution in [2.45, 2.75) is 12.7 Å². The Morgan fingerprint density at radius 1 is 1.07 bits per heavy atom. The average molecular weight is 386 g/mol. The molecule has 0 aliphatic carbocycles. The van der Waals surface area contributed by atoms with E-state index in [-0.39, 0.29) is 12.5 Å². The fraction of sp³-hybridized carbons (Fsp3) is 0.111. The Morgan fingerprint density at radius 2 is 1.86 bits per heavy atom. The largest absolute Gasteiger partial charge is 0.435 e. The number of carbonyl (C=O) groups excluding carboxylic acids is 1. The first kappa shape index (κ1) is 17.7. The molecule has 1 aromatic carbocycles. The molecular weight excluding hydrogens is 373 g/mol. The maximum Gasteiger partial charge on any atom is 0.435 e. The van der Waals surface area contributed by atoms with Crippen molar-refractivity contribution >= 4 is 11.6 Å². The lowest BCUT2D eigenvalue weighted by Crippen LogP contribution is -2.25. The Labute approximate surface area is 156 Å². The number of pyridine rings is 1. The number of nitrogens with zero attached hydrogens (tertiary/aromatic N) is 5. The second kappa shape index (κ2) is 6.80. The van der Waals surface area contributed by atoms with Crippen LogP contribution in [0.4, 0.5) is 13.2 Å². The van der Waals surface area contributed by atoms with Crippen LogP contribution in [0.3, 0.4) is 0 Å². The molecule has 4 aromatic rings. The van der Waals surface area contributed by atoms with E-state index in [0.29, 0.717) is 17.0 Å². The highest BCUT2D eigenvalue weighted by Crippen LogP contribution is 2.27. The van der Waals surface area contributed by atoms with Crippen LogP contribution in [-0.2, 0) is 12.7 Å². The number of halogens is 3. The molecule has 142 valence electrons. The fourth-order valence-corrected chi connectivity index (χ4v) is 2.68. The summed E-state index contributed by atoms with van der Waals surface area (Å²) in [6.45, 7) is 0.247. The van der Waals surface area contributed by atoms with Gasteiger partial charge in [0.25, 0.3) is 5.91 Å². The molecule has 0 atom stereocenters. The van der Waals surface area contributed by atoms with Crippen LogP contribution in [-0.4, -0.2) is 30.3 Å². The van der Waals surface area contributed by atoms with Gasteiger partial charge in [-0.2, -0.15) is 23.4 Å². The van der Waals surface area contributed by atoms with Crippen molar-refractivity contribution in [1.82, 2.24) is 29.7 Å². The van der Waals surface area contributed by atoms with Crippen molar-refractivity contribution in [1.29, 1.82) is 0 Å². The summed E-state index contributed by atoms with van der Waals surface area (Å²) in [5.41, 5.74) is 1.23. The van der Waals surface area contributed by atoms with Crippen molar-refractivity contribution in [3.8, 4) is 5.69 Å². The second-order valence-corrected chi connectivity index (χ2v) is 5.93. The zero-order chi connectivity index (χ0) is 19.7. The zero-order valence-corrected chi connectivity index (χ0v) is 14.3. The number of hydrogen-bond donors (Lipinski definition) is 1. The minimum atomic E-state index is -4.48. The molecule has 1 N–H and O–H groups in total. The van der Waals surface area contributed by atoms with Crippen LogP contribution in [0.25, 0.3) is 11.3 Å². The first-order valence-electron chi connectivity index (χ1n) is 8.21. The number of fused-ring (bicyclic) bond motifs is 1. The molecule has 3 aromatic heterocycles. The molecule has 0 radical (unpaired) electrons. The molecule has 0 spiro atoms. The van der Waals surface area contributed by atoms with Gasteiger partial charge in [-0.05, 0) is 35.9 Å². The Morgan fingerprint density at radius 3 is 2.57 bits per heavy atom. The van der Waals surface area contributed by atoms with E-state index >= 15 is 0 Å². The number of hydrogen-bond acceptors (Lipinski definition) is 4. The standard InChI is InChI=1S/C18H13F3N6O/c19-18(20,21)15-8-9-26(25-15)13-6-4-12(5-7-13)10-22-17(28)14-2-1-3-16-23-11-24-27(14)16/h1-9,11H,10H2,(H,22,28). The predicted octanol–water partition coefficient (Wildman–Crippen LogP) is 2.86. The summed E-state index contributed by atoms with van der Waals surface area (Å²) < 4.78 is 40.5. The van der Waals surface area contributed by atoms with Gasteiger partial charge in [0.1, 0.15) is 12.0 Å². The van der Waals surface area contributed by atoms with Crippen LogP contribution in [0.2, 0.25) is 0 Å². The third-order valence-electron chi connectivity index (χ3n) is 4.07. The lowest BCUT2D eigenvalue weighted by Gasteiger charge is -2.08. The van der Waals surface area contributed by atoms with Crippen molar-refractivity contribution in [3.05, 3.63) is 78.0 Å². The summed E-state index contributed by atoms with van der Waals surface area (Å²) >= 11 is 0. The van der Waals surface area contributed by atoms with Crippen LogP contribution in [0.1, 0.15) is 21.7 Å². The minimum Gasteiger partial charge on any atom is -0.347 e. The molecule has 28 heavy (non-hydrogen) atoms. The molecule has 4 rings (SSSR count). The molecule has 0 bridgehead atoms. The molecule has 0 unspecified atom stereocenters. The van der Waals surface area contributed by atoms with Crippen molar-refractivity contribution < 1.29 is 18.0 Å². The SMILES string of the molecule is O=C(NCc1ccc(-n2ccc(C(F)(F)F)n2)cc1)c1cccc2ncnn12. The van der Waals surface area contributed by atoms with Crippen LogP contribution >= 0.6 is 0 Å². The lowest BCUT2D eigenvalue weighted by atomic mass is 10.2. The van der Waals surface area contributed by atoms with Gasteiger partial charge in [-0.15, -0.1) is 0 Å². The van der Waals surface area contributed by atoms with E-state index in [9.17, 15) is 18.0 Å². The fourth-order valence-electron chi connectivity index (χ4n) is 2.68. The van der Waals surface area contributed by atoms with E-state index in [2.05, 4.69) is 20.5 Å². The minimum absolute atomic E-state index is 0.247. The highest BCUT2D eigenvalue weighted by Gasteiger charge is 2.33. The zero-order valence-electron chi connectivity index (χ0n) is 14.3. The van der Waals surface area contributed by atoms with Gasteiger partial charge in [-0.1, -0.05) is 18.2 Å². The third kappa shape index (κ3) is 3.43. The van der Waals surface area contributed by atoms with Gasteiger partial charge < -0.3 is 5.32 Å². The first-order valence-corrected chi connectivity index (χ1v) is 8.21. The van der Waals surface area contributed by atoms with Gasteiger partial charge in [0.05, 0.1) is 5.69 Å². The van der Waals surface area contributed by atoms with Crippen molar-refractivity contribution in [3.63, 3.8) is 0 Å². The molecule has 0 saturated carbocycles. The van der Waals surface area contributed by atoms with E-state index in [4.69, 9.17) is 0 Å². The van der Waals surface area contributed by atoms with E-state index in [1.54, 1.807) is 42.5 Å². The Hall–Kier alpha value is -3.69. The number of amides is 1. The molecule has 0 fully saturated rings. The van der Waals surface area contributed by atoms with Gasteiger partial charge >= 0.3 is 6.18 Å². The lowest BCUT2D eigenvalue weighted by molar-refractivity contribution is -0.141. The molecule has 3 heterocycles. The summed E-state index contributed by atoms with van der Waals surface area (Å²) in [7, 11) is 0. The average Bonchev–Trinajstić information content (AvgIpc) is 3.35. The maximum absolute atomic E-state index is 12.6. The summed E-state index contributed by atoms with van der Waals surface area (Å²) in [6.07, 6.45) is -1.87. The molecule has 10 heteroatoms. The molecule has 0 saturated heterocycles. The normalized spacial score (nSPS) is 11.7. The van der Waals surface area contributed by atoms with Gasteiger partial charge in [0.2, 0.25) is 0 Å². The number of benzene rings is 1. The summed E-state index contributed by atoms with van der Waals surface area (Å²) in [5.74, 6) is -0.318. The van der Waals surface area contributed by atoms with Gasteiger partial charge in [-0.25, -0.2) is 14.2 Å². The molecule has 0 aliphatic rings. The van der Waals surface area contributed by atoms with Gasteiger partial charge in [-0.3, -0.25) is 4.79 Å². The van der Waals surface area contributed by atoms with E-state index in [1.165, 1.54) is 17.0 Å². The van der Waals surface area contributed by atoms with E-state index < -0.39 is 11.9 Å². The molecule has 7 nitrogen and oxygen atoms in total. The van der Waals surface area contributed by atoms with Crippen molar-refractivity contribution in [2.75, 3.05) is 0 Å². The number of rotatable bonds is 4. The van der Waals surface area contributed by atoms with Crippen LogP contribution in [0.15, 0.2) is 61.1 Å². The van der Waals surface area contributed by atoms with E-state index in [0.717, 1.165) is 16.3 Å². The van der Waals surface area contributed by atoms with Crippen LogP contribution in [0, 0.1) is 0 Å². The third-order valence-corrected chi connectivity index (χ3v) is 4.07. The van der Waals surface area contributed by atoms with Gasteiger partial charge in [0.15, 0.2) is 11.3 Å². The number of aromatic nitrogens is 5. The Bertz CT molecular complexity index is 1130. The Kier molecular flexibility index (Phi) is 4.30. The summed E-state index contributed by atoms with van der Waals surface area (Å²) in [6, 6.07) is 12.7. The smallest absolute Gasteiger partial charge is 0.347 e. The molecular formula is C18H13F3N6O. The molecule has 1 amide bonds. The first-order chi connectivity index (χ1) is 13.4. The number of carbonyl (C=O) groups is 1. The Balaban J connectivity index is 1.44. The maximum atomic E-state index is 12.6. The highest BCUT2D eigenvalue weighted by atomic mass is 19.4. The number of alkyl halides is 3. The topological polar surface area (TPSA) is 77.1 Å². The summed E-state index contributed by atoms with van der Waals surface area (Å²) in [5, 5.41) is 10.3. The summed E-state index contributed by atoms with van der Waals surface area (Å²) in [4.78, 5) is 16.4. The predicted molar refractivity (Wildman–Crippen MR) is 92.7 cm³/mol. The monoisotopic (exact) mass is 386 g/mol. The van der Waals surface area contributed by atoms with Crippen molar-refractivity contribution in [2.24, 2.45) is 0 Å². The second-order valence-electron chi connectivity index (χ2n) is 5.93. The molecule has 0 aliphatic heterocycles. The number of nitrogens with one attached hydrogen (secondary N) is 1. The van der Waals surface area contributed by atoms with Gasteiger partial charge in [0, 0.05) is 12.7 Å².